The van der Waals surface area contributed by atoms with Crippen LogP contribution in [0.4, 0.5) is 5.69 Å². The SMILES string of the molecule is CC[C@H]1C(C)Cc2cc(C3=CCNCC3)ccc2N1C. The molecule has 2 nitrogen and oxygen atoms in total. The van der Waals surface area contributed by atoms with Crippen LogP contribution >= 0.6 is 0 Å². The van der Waals surface area contributed by atoms with Crippen LogP contribution in [0.5, 0.6) is 0 Å². The molecule has 108 valence electrons. The quantitative estimate of drug-likeness (QED) is 0.885. The molecule has 2 atom stereocenters. The Morgan fingerprint density at radius 3 is 2.90 bits per heavy atom. The van der Waals surface area contributed by atoms with Gasteiger partial charge in [0, 0.05) is 25.3 Å². The summed E-state index contributed by atoms with van der Waals surface area (Å²) in [5, 5.41) is 3.39. The minimum absolute atomic E-state index is 0.687. The van der Waals surface area contributed by atoms with Crippen LogP contribution in [0.2, 0.25) is 0 Å². The van der Waals surface area contributed by atoms with Gasteiger partial charge in [-0.15, -0.1) is 0 Å². The van der Waals surface area contributed by atoms with Crippen molar-refractivity contribution in [1.82, 2.24) is 5.32 Å². The molecule has 1 aromatic carbocycles. The number of rotatable bonds is 2. The molecule has 0 aliphatic carbocycles. The fourth-order valence-electron chi connectivity index (χ4n) is 3.90. The molecule has 1 unspecified atom stereocenters. The first-order valence-corrected chi connectivity index (χ1v) is 7.96. The molecule has 20 heavy (non-hydrogen) atoms. The van der Waals surface area contributed by atoms with E-state index in [0.717, 1.165) is 25.4 Å². The van der Waals surface area contributed by atoms with Gasteiger partial charge in [0.05, 0.1) is 0 Å². The van der Waals surface area contributed by atoms with E-state index >= 15 is 0 Å². The predicted molar refractivity (Wildman–Crippen MR) is 87.3 cm³/mol. The summed E-state index contributed by atoms with van der Waals surface area (Å²) in [5.74, 6) is 0.745. The summed E-state index contributed by atoms with van der Waals surface area (Å²) in [4.78, 5) is 2.49. The second kappa shape index (κ2) is 5.61. The molecule has 0 radical (unpaired) electrons. The van der Waals surface area contributed by atoms with E-state index in [1.54, 1.807) is 0 Å². The van der Waals surface area contributed by atoms with Crippen LogP contribution in [0, 0.1) is 5.92 Å². The lowest BCUT2D eigenvalue weighted by Crippen LogP contribution is -2.41. The zero-order chi connectivity index (χ0) is 14.1. The van der Waals surface area contributed by atoms with E-state index in [1.807, 2.05) is 0 Å². The van der Waals surface area contributed by atoms with Crippen LogP contribution in [0.15, 0.2) is 24.3 Å². The number of hydrogen-bond acceptors (Lipinski definition) is 2. The summed E-state index contributed by atoms with van der Waals surface area (Å²) in [5.41, 5.74) is 5.91. The minimum atomic E-state index is 0.687. The zero-order valence-corrected chi connectivity index (χ0v) is 12.9. The van der Waals surface area contributed by atoms with Crippen LogP contribution in [-0.4, -0.2) is 26.2 Å². The summed E-state index contributed by atoms with van der Waals surface area (Å²) in [7, 11) is 2.26. The van der Waals surface area contributed by atoms with Crippen molar-refractivity contribution in [2.24, 2.45) is 5.92 Å². The van der Waals surface area contributed by atoms with E-state index in [1.165, 1.54) is 35.2 Å². The van der Waals surface area contributed by atoms with Crippen molar-refractivity contribution in [3.63, 3.8) is 0 Å². The molecular formula is C18H26N2. The van der Waals surface area contributed by atoms with Crippen molar-refractivity contribution < 1.29 is 0 Å². The highest BCUT2D eigenvalue weighted by Gasteiger charge is 2.28. The Balaban J connectivity index is 1.94. The molecule has 2 aliphatic rings. The third-order valence-corrected chi connectivity index (χ3v) is 5.01. The van der Waals surface area contributed by atoms with Gasteiger partial charge in [-0.05, 0) is 60.6 Å². The lowest BCUT2D eigenvalue weighted by atomic mass is 9.84. The third-order valence-electron chi connectivity index (χ3n) is 5.01. The molecule has 0 spiro atoms. The van der Waals surface area contributed by atoms with Crippen LogP contribution < -0.4 is 10.2 Å². The molecule has 2 heteroatoms. The Morgan fingerprint density at radius 2 is 2.20 bits per heavy atom. The van der Waals surface area contributed by atoms with Crippen LogP contribution in [0.3, 0.4) is 0 Å². The predicted octanol–water partition coefficient (Wildman–Crippen LogP) is 3.47. The number of anilines is 1. The van der Waals surface area contributed by atoms with E-state index in [9.17, 15) is 0 Å². The minimum Gasteiger partial charge on any atom is -0.371 e. The Kier molecular flexibility index (Phi) is 3.84. The van der Waals surface area contributed by atoms with E-state index in [-0.39, 0.29) is 0 Å². The first kappa shape index (κ1) is 13.7. The Bertz CT molecular complexity index is 518. The number of hydrogen-bond donors (Lipinski definition) is 1. The van der Waals surface area contributed by atoms with Gasteiger partial charge in [0.2, 0.25) is 0 Å². The van der Waals surface area contributed by atoms with Crippen molar-refractivity contribution >= 4 is 11.3 Å². The highest BCUT2D eigenvalue weighted by atomic mass is 15.1. The second-order valence-electron chi connectivity index (χ2n) is 6.29. The molecular weight excluding hydrogens is 244 g/mol. The molecule has 0 saturated heterocycles. The van der Waals surface area contributed by atoms with Crippen LogP contribution in [0.25, 0.3) is 5.57 Å². The van der Waals surface area contributed by atoms with Gasteiger partial charge in [-0.2, -0.15) is 0 Å². The molecule has 0 fully saturated rings. The molecule has 0 bridgehead atoms. The van der Waals surface area contributed by atoms with Gasteiger partial charge in [0.25, 0.3) is 0 Å². The Labute approximate surface area is 122 Å². The van der Waals surface area contributed by atoms with Crippen molar-refractivity contribution in [2.45, 2.75) is 39.2 Å². The van der Waals surface area contributed by atoms with Crippen molar-refractivity contribution in [3.8, 4) is 0 Å². The van der Waals surface area contributed by atoms with Crippen molar-refractivity contribution in [2.75, 3.05) is 25.0 Å². The number of fused-ring (bicyclic) bond motifs is 1. The maximum Gasteiger partial charge on any atom is 0.0399 e. The van der Waals surface area contributed by atoms with Crippen LogP contribution in [0.1, 0.15) is 37.8 Å². The largest absolute Gasteiger partial charge is 0.371 e. The average Bonchev–Trinajstić information content (AvgIpc) is 2.48. The molecule has 1 N–H and O–H groups in total. The first-order chi connectivity index (χ1) is 9.70. The van der Waals surface area contributed by atoms with E-state index < -0.39 is 0 Å². The summed E-state index contributed by atoms with van der Waals surface area (Å²) >= 11 is 0. The molecule has 2 aliphatic heterocycles. The standard InChI is InChI=1S/C18H26N2/c1-4-17-13(2)11-16-12-15(5-6-18(16)20(17)3)14-7-9-19-10-8-14/h5-7,12-13,17,19H,4,8-11H2,1-3H3/t13?,17-/m0/s1. The fraction of sp³-hybridized carbons (Fsp3) is 0.556. The molecule has 0 aromatic heterocycles. The fourth-order valence-corrected chi connectivity index (χ4v) is 3.90. The molecule has 1 aromatic rings. The monoisotopic (exact) mass is 270 g/mol. The van der Waals surface area contributed by atoms with Gasteiger partial charge in [-0.3, -0.25) is 0 Å². The van der Waals surface area contributed by atoms with Crippen molar-refractivity contribution in [1.29, 1.82) is 0 Å². The maximum atomic E-state index is 3.39. The first-order valence-electron chi connectivity index (χ1n) is 7.96. The highest BCUT2D eigenvalue weighted by molar-refractivity contribution is 5.71. The topological polar surface area (TPSA) is 15.3 Å². The van der Waals surface area contributed by atoms with E-state index in [0.29, 0.717) is 6.04 Å². The van der Waals surface area contributed by atoms with E-state index in [2.05, 4.69) is 55.4 Å². The number of benzene rings is 1. The van der Waals surface area contributed by atoms with Gasteiger partial charge < -0.3 is 10.2 Å². The maximum absolute atomic E-state index is 3.39. The summed E-state index contributed by atoms with van der Waals surface area (Å²) in [6, 6.07) is 7.77. The Hall–Kier alpha value is -1.28. The zero-order valence-electron chi connectivity index (χ0n) is 12.9. The molecule has 0 amide bonds. The van der Waals surface area contributed by atoms with Gasteiger partial charge in [0.15, 0.2) is 0 Å². The van der Waals surface area contributed by atoms with Gasteiger partial charge >= 0.3 is 0 Å². The smallest absolute Gasteiger partial charge is 0.0399 e. The lowest BCUT2D eigenvalue weighted by molar-refractivity contribution is 0.408. The lowest BCUT2D eigenvalue weighted by Gasteiger charge is -2.40. The van der Waals surface area contributed by atoms with Gasteiger partial charge in [0.1, 0.15) is 0 Å². The molecule has 2 heterocycles. The highest BCUT2D eigenvalue weighted by Crippen LogP contribution is 2.36. The Morgan fingerprint density at radius 1 is 1.35 bits per heavy atom. The average molecular weight is 270 g/mol. The van der Waals surface area contributed by atoms with E-state index in [4.69, 9.17) is 0 Å². The molecule has 3 rings (SSSR count). The van der Waals surface area contributed by atoms with Gasteiger partial charge in [-0.25, -0.2) is 0 Å². The van der Waals surface area contributed by atoms with Gasteiger partial charge in [-0.1, -0.05) is 26.0 Å². The summed E-state index contributed by atoms with van der Waals surface area (Å²) in [6.45, 7) is 6.82. The number of nitrogens with zero attached hydrogens (tertiary/aromatic N) is 1. The normalized spacial score (nSPS) is 26.1. The number of nitrogens with one attached hydrogen (secondary N) is 1. The molecule has 0 saturated carbocycles. The van der Waals surface area contributed by atoms with Crippen molar-refractivity contribution in [3.05, 3.63) is 35.4 Å². The second-order valence-corrected chi connectivity index (χ2v) is 6.29. The summed E-state index contributed by atoms with van der Waals surface area (Å²) < 4.78 is 0. The third kappa shape index (κ3) is 2.37. The van der Waals surface area contributed by atoms with Crippen LogP contribution in [-0.2, 0) is 6.42 Å². The summed E-state index contributed by atoms with van der Waals surface area (Å²) in [6.07, 6.45) is 5.95.